The molecule has 1 aromatic heterocycles. The van der Waals surface area contributed by atoms with Crippen LogP contribution in [-0.4, -0.2) is 35.3 Å². The number of aromatic nitrogens is 1. The number of amides is 2. The van der Waals surface area contributed by atoms with Gasteiger partial charge in [0.1, 0.15) is 5.82 Å². The maximum Gasteiger partial charge on any atom is 0.254 e. The van der Waals surface area contributed by atoms with Gasteiger partial charge in [-0.3, -0.25) is 9.59 Å². The first-order chi connectivity index (χ1) is 15.9. The molecule has 4 rings (SSSR count). The minimum atomic E-state index is -0.427. The fraction of sp³-hybridized carbons (Fsp3) is 0.115. The van der Waals surface area contributed by atoms with Gasteiger partial charge >= 0.3 is 0 Å². The monoisotopic (exact) mass is 443 g/mol. The second-order valence-corrected chi connectivity index (χ2v) is 7.63. The number of carbonyl (C=O) groups is 2. The fourth-order valence-electron chi connectivity index (χ4n) is 3.37. The molecule has 0 aliphatic rings. The fourth-order valence-corrected chi connectivity index (χ4v) is 3.37. The number of halogens is 1. The SMILES string of the molecule is Cc1ccc(NC(=O)CN(C)C(=O)c2ccccc2-c2ncc(-c3ccccc3F)o2)cc1. The van der Waals surface area contributed by atoms with Gasteiger partial charge in [-0.05, 0) is 43.3 Å². The van der Waals surface area contributed by atoms with Crippen molar-refractivity contribution in [2.24, 2.45) is 0 Å². The summed E-state index contributed by atoms with van der Waals surface area (Å²) in [5, 5.41) is 2.78. The molecule has 0 fully saturated rings. The Kier molecular flexibility index (Phi) is 6.31. The minimum Gasteiger partial charge on any atom is -0.436 e. The number of carbonyl (C=O) groups excluding carboxylic acids is 2. The van der Waals surface area contributed by atoms with Crippen LogP contribution < -0.4 is 5.32 Å². The van der Waals surface area contributed by atoms with Crippen molar-refractivity contribution in [1.29, 1.82) is 0 Å². The molecular weight excluding hydrogens is 421 g/mol. The summed E-state index contributed by atoms with van der Waals surface area (Å²) in [5.74, 6) is -0.657. The zero-order chi connectivity index (χ0) is 23.4. The smallest absolute Gasteiger partial charge is 0.254 e. The van der Waals surface area contributed by atoms with E-state index in [0.717, 1.165) is 5.56 Å². The molecule has 33 heavy (non-hydrogen) atoms. The molecule has 0 aliphatic heterocycles. The lowest BCUT2D eigenvalue weighted by molar-refractivity contribution is -0.116. The summed E-state index contributed by atoms with van der Waals surface area (Å²) in [6.45, 7) is 1.83. The number of oxazole rings is 1. The van der Waals surface area contributed by atoms with Gasteiger partial charge in [-0.1, -0.05) is 42.0 Å². The predicted octanol–water partition coefficient (Wildman–Crippen LogP) is 5.17. The van der Waals surface area contributed by atoms with Crippen molar-refractivity contribution in [2.75, 3.05) is 18.9 Å². The van der Waals surface area contributed by atoms with E-state index in [1.54, 1.807) is 61.6 Å². The molecule has 0 saturated heterocycles. The number of benzene rings is 3. The Morgan fingerprint density at radius 1 is 0.970 bits per heavy atom. The van der Waals surface area contributed by atoms with Gasteiger partial charge in [0.05, 0.1) is 23.9 Å². The number of anilines is 1. The molecule has 0 atom stereocenters. The van der Waals surface area contributed by atoms with Gasteiger partial charge in [0.25, 0.3) is 5.91 Å². The van der Waals surface area contributed by atoms with Crippen molar-refractivity contribution in [3.8, 4) is 22.8 Å². The molecule has 4 aromatic rings. The highest BCUT2D eigenvalue weighted by atomic mass is 19.1. The van der Waals surface area contributed by atoms with Crippen LogP contribution in [0.4, 0.5) is 10.1 Å². The van der Waals surface area contributed by atoms with Crippen LogP contribution in [0, 0.1) is 12.7 Å². The largest absolute Gasteiger partial charge is 0.436 e. The third-order valence-corrected chi connectivity index (χ3v) is 5.10. The van der Waals surface area contributed by atoms with Crippen LogP contribution in [0.25, 0.3) is 22.8 Å². The molecule has 0 bridgehead atoms. The van der Waals surface area contributed by atoms with Gasteiger partial charge in [-0.15, -0.1) is 0 Å². The van der Waals surface area contributed by atoms with Crippen LogP contribution in [0.5, 0.6) is 0 Å². The average molecular weight is 443 g/mol. The highest BCUT2D eigenvalue weighted by Gasteiger charge is 2.21. The van der Waals surface area contributed by atoms with Crippen LogP contribution in [0.1, 0.15) is 15.9 Å². The number of rotatable bonds is 6. The maximum absolute atomic E-state index is 14.1. The first kappa shape index (κ1) is 22.0. The molecule has 7 heteroatoms. The Balaban J connectivity index is 1.52. The molecule has 0 radical (unpaired) electrons. The van der Waals surface area contributed by atoms with Crippen molar-refractivity contribution < 1.29 is 18.4 Å². The Labute approximate surface area is 190 Å². The third-order valence-electron chi connectivity index (χ3n) is 5.10. The number of hydrogen-bond acceptors (Lipinski definition) is 4. The van der Waals surface area contributed by atoms with E-state index in [1.165, 1.54) is 17.2 Å². The van der Waals surface area contributed by atoms with E-state index in [-0.39, 0.29) is 35.6 Å². The number of nitrogens with zero attached hydrogens (tertiary/aromatic N) is 2. The Morgan fingerprint density at radius 3 is 2.36 bits per heavy atom. The average Bonchev–Trinajstić information content (AvgIpc) is 3.30. The molecule has 6 nitrogen and oxygen atoms in total. The quantitative estimate of drug-likeness (QED) is 0.446. The summed E-state index contributed by atoms with van der Waals surface area (Å²) in [7, 11) is 1.55. The van der Waals surface area contributed by atoms with E-state index in [9.17, 15) is 14.0 Å². The van der Waals surface area contributed by atoms with Gasteiger partial charge in [-0.25, -0.2) is 9.37 Å². The van der Waals surface area contributed by atoms with Gasteiger partial charge in [-0.2, -0.15) is 0 Å². The van der Waals surface area contributed by atoms with Crippen molar-refractivity contribution in [3.05, 3.63) is 95.9 Å². The van der Waals surface area contributed by atoms with E-state index in [2.05, 4.69) is 10.3 Å². The molecule has 2 amide bonds. The lowest BCUT2D eigenvalue weighted by Gasteiger charge is -2.18. The van der Waals surface area contributed by atoms with Gasteiger partial charge < -0.3 is 14.6 Å². The second kappa shape index (κ2) is 9.48. The summed E-state index contributed by atoms with van der Waals surface area (Å²) >= 11 is 0. The molecule has 166 valence electrons. The first-order valence-corrected chi connectivity index (χ1v) is 10.3. The Hall–Kier alpha value is -4.26. The molecule has 0 spiro atoms. The van der Waals surface area contributed by atoms with Crippen LogP contribution in [0.3, 0.4) is 0 Å². The summed E-state index contributed by atoms with van der Waals surface area (Å²) in [5.41, 5.74) is 2.81. The molecule has 0 saturated carbocycles. The molecule has 3 aromatic carbocycles. The minimum absolute atomic E-state index is 0.132. The number of nitrogens with one attached hydrogen (secondary N) is 1. The third kappa shape index (κ3) is 4.98. The summed E-state index contributed by atoms with van der Waals surface area (Å²) in [6.07, 6.45) is 1.42. The van der Waals surface area contributed by atoms with E-state index in [1.807, 2.05) is 19.1 Å². The highest BCUT2D eigenvalue weighted by molar-refractivity contribution is 6.02. The maximum atomic E-state index is 14.1. The van der Waals surface area contributed by atoms with Crippen molar-refractivity contribution >= 4 is 17.5 Å². The lowest BCUT2D eigenvalue weighted by Crippen LogP contribution is -2.35. The zero-order valence-corrected chi connectivity index (χ0v) is 18.2. The second-order valence-electron chi connectivity index (χ2n) is 7.63. The van der Waals surface area contributed by atoms with Crippen molar-refractivity contribution in [1.82, 2.24) is 9.88 Å². The van der Waals surface area contributed by atoms with Gasteiger partial charge in [0.2, 0.25) is 11.8 Å². The number of hydrogen-bond donors (Lipinski definition) is 1. The van der Waals surface area contributed by atoms with E-state index in [4.69, 9.17) is 4.42 Å². The molecule has 0 unspecified atom stereocenters. The summed E-state index contributed by atoms with van der Waals surface area (Å²) in [4.78, 5) is 31.1. The Bertz CT molecular complexity index is 1300. The number of likely N-dealkylation sites (N-methyl/N-ethyl adjacent to an activating group) is 1. The van der Waals surface area contributed by atoms with E-state index in [0.29, 0.717) is 16.8 Å². The van der Waals surface area contributed by atoms with E-state index >= 15 is 0 Å². The first-order valence-electron chi connectivity index (χ1n) is 10.3. The highest BCUT2D eigenvalue weighted by Crippen LogP contribution is 2.30. The van der Waals surface area contributed by atoms with Crippen molar-refractivity contribution in [3.63, 3.8) is 0 Å². The molecule has 1 N–H and O–H groups in total. The molecule has 1 heterocycles. The zero-order valence-electron chi connectivity index (χ0n) is 18.2. The standard InChI is InChI=1S/C26H22FN3O3/c1-17-11-13-18(14-12-17)29-24(31)16-30(2)26(32)20-8-4-3-7-19(20)25-28-15-23(33-25)21-9-5-6-10-22(21)27/h3-15H,16H2,1-2H3,(H,29,31). The topological polar surface area (TPSA) is 75.4 Å². The normalized spacial score (nSPS) is 10.6. The predicted molar refractivity (Wildman–Crippen MR) is 124 cm³/mol. The van der Waals surface area contributed by atoms with Crippen LogP contribution >= 0.6 is 0 Å². The van der Waals surface area contributed by atoms with Gasteiger partial charge in [0.15, 0.2) is 5.76 Å². The van der Waals surface area contributed by atoms with E-state index < -0.39 is 5.82 Å². The molecular formula is C26H22FN3O3. The van der Waals surface area contributed by atoms with Crippen LogP contribution in [0.2, 0.25) is 0 Å². The summed E-state index contributed by atoms with van der Waals surface area (Å²) < 4.78 is 19.9. The van der Waals surface area contributed by atoms with Gasteiger partial charge in [0, 0.05) is 18.3 Å². The number of aryl methyl sites for hydroxylation is 1. The lowest BCUT2D eigenvalue weighted by atomic mass is 10.1. The van der Waals surface area contributed by atoms with Crippen LogP contribution in [-0.2, 0) is 4.79 Å². The molecule has 0 aliphatic carbocycles. The van der Waals surface area contributed by atoms with Crippen LogP contribution in [0.15, 0.2) is 83.4 Å². The Morgan fingerprint density at radius 2 is 1.64 bits per heavy atom. The van der Waals surface area contributed by atoms with Crippen molar-refractivity contribution in [2.45, 2.75) is 6.92 Å². The summed E-state index contributed by atoms with van der Waals surface area (Å²) in [6, 6.07) is 20.4.